The molecule has 0 saturated carbocycles. The van der Waals surface area contributed by atoms with E-state index in [0.29, 0.717) is 0 Å². The van der Waals surface area contributed by atoms with Crippen LogP contribution in [0.15, 0.2) is 30.0 Å². The molecule has 3 N–H and O–H groups in total. The van der Waals surface area contributed by atoms with E-state index in [-0.39, 0.29) is 6.04 Å². The first kappa shape index (κ1) is 9.75. The van der Waals surface area contributed by atoms with Gasteiger partial charge in [0.2, 0.25) is 0 Å². The number of nitrogens with zero attached hydrogens (tertiary/aromatic N) is 1. The molecule has 1 aromatic carbocycles. The molecular formula is C12H14N3+. The highest BCUT2D eigenvalue weighted by atomic mass is 15.1. The largest absolute Gasteiger partial charge is 0.350 e. The van der Waals surface area contributed by atoms with Crippen LogP contribution in [-0.4, -0.2) is 7.05 Å². The van der Waals surface area contributed by atoms with Gasteiger partial charge < -0.3 is 10.6 Å². The topological polar surface area (TPSA) is 53.1 Å². The van der Waals surface area contributed by atoms with Crippen LogP contribution in [0.1, 0.15) is 17.2 Å². The zero-order valence-corrected chi connectivity index (χ0v) is 8.91. The third kappa shape index (κ3) is 1.49. The second-order valence-corrected chi connectivity index (χ2v) is 3.86. The summed E-state index contributed by atoms with van der Waals surface area (Å²) in [6.45, 7) is 2.04. The number of nitrogens with two attached hydrogens (primary N) is 1. The summed E-state index contributed by atoms with van der Waals surface area (Å²) in [6.07, 6.45) is 1.86. The van der Waals surface area contributed by atoms with E-state index in [2.05, 4.69) is 24.3 Å². The van der Waals surface area contributed by atoms with Crippen molar-refractivity contribution >= 4 is 5.69 Å². The summed E-state index contributed by atoms with van der Waals surface area (Å²) >= 11 is 0. The fraction of sp³-hybridized carbons (Fsp3) is 0.250. The number of nitrogens with one attached hydrogen (secondary N) is 1. The third-order valence-electron chi connectivity index (χ3n) is 2.71. The number of aryl methyl sites for hydroxylation is 1. The van der Waals surface area contributed by atoms with Crippen molar-refractivity contribution in [3.63, 3.8) is 0 Å². The number of hydrogen-bond donors (Lipinski definition) is 2. The molecule has 15 heavy (non-hydrogen) atoms. The van der Waals surface area contributed by atoms with E-state index in [4.69, 9.17) is 11.0 Å². The lowest BCUT2D eigenvalue weighted by atomic mass is 9.94. The molecule has 1 heterocycles. The Labute approximate surface area is 89.4 Å². The van der Waals surface area contributed by atoms with Gasteiger partial charge in [-0.3, -0.25) is 0 Å². The summed E-state index contributed by atoms with van der Waals surface area (Å²) in [5, 5.41) is 7.19. The van der Waals surface area contributed by atoms with Gasteiger partial charge in [-0.25, -0.2) is 0 Å². The molecule has 0 fully saturated rings. The number of anilines is 1. The molecule has 1 aliphatic rings. The van der Waals surface area contributed by atoms with Gasteiger partial charge in [-0.1, -0.05) is 23.0 Å². The molecule has 2 rings (SSSR count). The van der Waals surface area contributed by atoms with Crippen LogP contribution in [0, 0.1) is 13.0 Å². The summed E-state index contributed by atoms with van der Waals surface area (Å²) in [4.78, 5) is 1.98. The fourth-order valence-electron chi connectivity index (χ4n) is 1.88. The van der Waals surface area contributed by atoms with Gasteiger partial charge in [0, 0.05) is 18.9 Å². The number of benzene rings is 1. The molecule has 0 radical (unpaired) electrons. The Morgan fingerprint density at radius 1 is 1.47 bits per heavy atom. The normalized spacial score (nSPS) is 19.2. The minimum Gasteiger partial charge on any atom is -0.350 e. The zero-order valence-electron chi connectivity index (χ0n) is 8.91. The molecular weight excluding hydrogens is 186 g/mol. The van der Waals surface area contributed by atoms with Crippen LogP contribution in [0.5, 0.6) is 0 Å². The first-order valence-corrected chi connectivity index (χ1v) is 4.87. The van der Waals surface area contributed by atoms with E-state index in [9.17, 15) is 0 Å². The molecule has 1 aliphatic heterocycles. The number of rotatable bonds is 0. The van der Waals surface area contributed by atoms with E-state index < -0.39 is 0 Å². The lowest BCUT2D eigenvalue weighted by Crippen LogP contribution is -2.28. The molecule has 1 atom stereocenters. The van der Waals surface area contributed by atoms with Gasteiger partial charge in [-0.15, -0.1) is 0 Å². The average Bonchev–Trinajstić information content (AvgIpc) is 2.23. The monoisotopic (exact) mass is 200 g/mol. The molecule has 76 valence electrons. The molecule has 0 saturated heterocycles. The molecule has 3 nitrogen and oxygen atoms in total. The van der Waals surface area contributed by atoms with Crippen molar-refractivity contribution in [1.82, 2.24) is 0 Å². The van der Waals surface area contributed by atoms with Crippen molar-refractivity contribution in [1.29, 1.82) is 0 Å². The minimum absolute atomic E-state index is 0.228. The number of fused-ring (bicyclic) bond motifs is 1. The Morgan fingerprint density at radius 2 is 2.20 bits per heavy atom. The smallest absolute Gasteiger partial charge is 0.307 e. The summed E-state index contributed by atoms with van der Waals surface area (Å²) in [6, 6.07) is 8.35. The second kappa shape index (κ2) is 3.41. The van der Waals surface area contributed by atoms with E-state index >= 15 is 0 Å². The molecule has 1 aromatic rings. The summed E-state index contributed by atoms with van der Waals surface area (Å²) < 4.78 is 0. The highest BCUT2D eigenvalue weighted by Crippen LogP contribution is 2.33. The molecule has 0 bridgehead atoms. The lowest BCUT2D eigenvalue weighted by molar-refractivity contribution is -0.0916. The summed E-state index contributed by atoms with van der Waals surface area (Å²) in [7, 11) is 1.96. The van der Waals surface area contributed by atoms with Gasteiger partial charge in [-0.05, 0) is 18.6 Å². The first-order chi connectivity index (χ1) is 7.13. The Bertz CT molecular complexity index is 468. The maximum atomic E-state index is 7.19. The highest BCUT2D eigenvalue weighted by Gasteiger charge is 2.24. The summed E-state index contributed by atoms with van der Waals surface area (Å²) in [5.41, 5.74) is 10.1. The highest BCUT2D eigenvalue weighted by molar-refractivity contribution is 5.64. The Morgan fingerprint density at radius 3 is 2.87 bits per heavy atom. The second-order valence-electron chi connectivity index (χ2n) is 3.86. The van der Waals surface area contributed by atoms with Crippen molar-refractivity contribution in [2.24, 2.45) is 5.73 Å². The predicted molar refractivity (Wildman–Crippen MR) is 59.4 cm³/mol. The van der Waals surface area contributed by atoms with Crippen LogP contribution in [0.3, 0.4) is 0 Å². The van der Waals surface area contributed by atoms with Crippen LogP contribution < -0.4 is 15.9 Å². The maximum Gasteiger partial charge on any atom is 0.307 e. The van der Waals surface area contributed by atoms with Gasteiger partial charge in [0.15, 0.2) is 0 Å². The Hall–Kier alpha value is -1.79. The predicted octanol–water partition coefficient (Wildman–Crippen LogP) is 0.101. The van der Waals surface area contributed by atoms with Crippen molar-refractivity contribution in [2.75, 3.05) is 11.9 Å². The minimum atomic E-state index is -0.228. The van der Waals surface area contributed by atoms with Crippen LogP contribution in [0.25, 0.3) is 0 Å². The van der Waals surface area contributed by atoms with E-state index in [1.165, 1.54) is 5.56 Å². The molecule has 1 unspecified atom stereocenters. The Balaban J connectivity index is 2.58. The Kier molecular flexibility index (Phi) is 2.22. The van der Waals surface area contributed by atoms with Crippen LogP contribution in [0.4, 0.5) is 5.69 Å². The lowest BCUT2D eigenvalue weighted by Gasteiger charge is -2.27. The SMILES string of the molecule is Cc1ccc2c(c1)C(N)C(C#[NH+])=CN2C. The van der Waals surface area contributed by atoms with Gasteiger partial charge >= 0.3 is 6.07 Å². The standard InChI is InChI=1S/C12H13N3/c1-8-3-4-11-10(5-8)12(14)9(6-13)7-15(11)2/h3-5,7,12H,14H2,1-2H3/p+1. The van der Waals surface area contributed by atoms with Crippen molar-refractivity contribution in [3.05, 3.63) is 41.1 Å². The van der Waals surface area contributed by atoms with Crippen LogP contribution in [-0.2, 0) is 0 Å². The molecule has 0 aliphatic carbocycles. The van der Waals surface area contributed by atoms with E-state index in [1.54, 1.807) is 0 Å². The van der Waals surface area contributed by atoms with Gasteiger partial charge in [0.05, 0.1) is 6.04 Å². The molecule has 0 amide bonds. The average molecular weight is 200 g/mol. The van der Waals surface area contributed by atoms with Crippen molar-refractivity contribution in [3.8, 4) is 6.07 Å². The van der Waals surface area contributed by atoms with Crippen molar-refractivity contribution < 1.29 is 5.26 Å². The van der Waals surface area contributed by atoms with Gasteiger partial charge in [0.1, 0.15) is 5.57 Å². The van der Waals surface area contributed by atoms with Gasteiger partial charge in [0.25, 0.3) is 0 Å². The fourth-order valence-corrected chi connectivity index (χ4v) is 1.88. The van der Waals surface area contributed by atoms with E-state index in [1.807, 2.05) is 25.1 Å². The molecule has 0 aromatic heterocycles. The molecule has 0 spiro atoms. The summed E-state index contributed by atoms with van der Waals surface area (Å²) in [5.74, 6) is 0. The quantitative estimate of drug-likeness (QED) is 0.624. The van der Waals surface area contributed by atoms with Crippen LogP contribution >= 0.6 is 0 Å². The number of hydrogen-bond acceptors (Lipinski definition) is 2. The molecule has 3 heteroatoms. The third-order valence-corrected chi connectivity index (χ3v) is 2.71. The van der Waals surface area contributed by atoms with Crippen molar-refractivity contribution in [2.45, 2.75) is 13.0 Å². The maximum absolute atomic E-state index is 7.19. The first-order valence-electron chi connectivity index (χ1n) is 4.87. The van der Waals surface area contributed by atoms with Gasteiger partial charge in [-0.2, -0.15) is 0 Å². The zero-order chi connectivity index (χ0) is 11.0. The van der Waals surface area contributed by atoms with Crippen LogP contribution in [0.2, 0.25) is 0 Å². The van der Waals surface area contributed by atoms with E-state index in [0.717, 1.165) is 16.8 Å².